The lowest BCUT2D eigenvalue weighted by Gasteiger charge is -2.08. The second-order valence-electron chi connectivity index (χ2n) is 7.05. The summed E-state index contributed by atoms with van der Waals surface area (Å²) in [5, 5.41) is 15.2. The normalized spacial score (nSPS) is 11.1. The molecular weight excluding hydrogens is 408 g/mol. The molecule has 0 saturated heterocycles. The average Bonchev–Trinajstić information content (AvgIpc) is 2.83. The van der Waals surface area contributed by atoms with Gasteiger partial charge in [-0.3, -0.25) is 14.9 Å². The Morgan fingerprint density at radius 3 is 2.22 bits per heavy atom. The third-order valence-electron chi connectivity index (χ3n) is 4.79. The van der Waals surface area contributed by atoms with Gasteiger partial charge in [0.2, 0.25) is 5.78 Å². The van der Waals surface area contributed by atoms with Gasteiger partial charge in [0.25, 0.3) is 5.69 Å². The molecule has 3 aromatic rings. The zero-order valence-electron chi connectivity index (χ0n) is 17.6. The molecule has 32 heavy (non-hydrogen) atoms. The summed E-state index contributed by atoms with van der Waals surface area (Å²) in [5.74, 6) is -0.923. The molecule has 3 rings (SSSR count). The monoisotopic (exact) mass is 430 g/mol. The smallest absolute Gasteiger partial charge is 0.318 e. The number of nitro benzene ring substituents is 1. The van der Waals surface area contributed by atoms with Crippen LogP contribution in [0.5, 0.6) is 0 Å². The number of para-hydroxylation sites is 1. The van der Waals surface area contributed by atoms with Gasteiger partial charge >= 0.3 is 5.97 Å². The van der Waals surface area contributed by atoms with Crippen LogP contribution in [0.2, 0.25) is 0 Å². The predicted octanol–water partition coefficient (Wildman–Crippen LogP) is 5.58. The van der Waals surface area contributed by atoms with Gasteiger partial charge < -0.3 is 4.84 Å². The summed E-state index contributed by atoms with van der Waals surface area (Å²) >= 11 is 0. The van der Waals surface area contributed by atoms with E-state index in [-0.39, 0.29) is 17.8 Å². The Bertz CT molecular complexity index is 1140. The largest absolute Gasteiger partial charge is 0.335 e. The third-order valence-corrected chi connectivity index (χ3v) is 4.79. The van der Waals surface area contributed by atoms with Gasteiger partial charge in [-0.15, -0.1) is 0 Å². The molecule has 0 spiro atoms. The average molecular weight is 430 g/mol. The Labute approximate surface area is 185 Å². The van der Waals surface area contributed by atoms with E-state index in [0.29, 0.717) is 28.7 Å². The fourth-order valence-electron chi connectivity index (χ4n) is 3.10. The molecule has 0 N–H and O–H groups in total. The van der Waals surface area contributed by atoms with Crippen LogP contribution < -0.4 is 0 Å². The van der Waals surface area contributed by atoms with Crippen molar-refractivity contribution in [2.24, 2.45) is 5.16 Å². The van der Waals surface area contributed by atoms with E-state index >= 15 is 0 Å². The number of Topliss-reactive ketones (excluding diaryl/α,β-unsaturated/α-hetero) is 1. The molecule has 7 nitrogen and oxygen atoms in total. The van der Waals surface area contributed by atoms with E-state index in [1.807, 2.05) is 6.92 Å². The third kappa shape index (κ3) is 5.51. The summed E-state index contributed by atoms with van der Waals surface area (Å²) < 4.78 is 0. The van der Waals surface area contributed by atoms with Crippen LogP contribution in [0.1, 0.15) is 42.1 Å². The Morgan fingerprint density at radius 2 is 1.56 bits per heavy atom. The van der Waals surface area contributed by atoms with Crippen LogP contribution in [0.15, 0.2) is 84.0 Å². The van der Waals surface area contributed by atoms with Gasteiger partial charge in [-0.05, 0) is 18.1 Å². The van der Waals surface area contributed by atoms with Crippen LogP contribution in [0, 0.1) is 10.1 Å². The van der Waals surface area contributed by atoms with Crippen LogP contribution in [0.4, 0.5) is 5.69 Å². The highest BCUT2D eigenvalue weighted by molar-refractivity contribution is 6.51. The molecule has 0 heterocycles. The van der Waals surface area contributed by atoms with Crippen LogP contribution in [-0.4, -0.2) is 22.4 Å². The molecule has 0 atom stereocenters. The summed E-state index contributed by atoms with van der Waals surface area (Å²) in [5.41, 5.74) is 1.89. The highest BCUT2D eigenvalue weighted by Gasteiger charge is 2.19. The minimum Gasteiger partial charge on any atom is -0.318 e. The van der Waals surface area contributed by atoms with E-state index in [4.69, 9.17) is 4.84 Å². The molecule has 0 radical (unpaired) electrons. The number of benzene rings is 3. The first kappa shape index (κ1) is 22.6. The predicted molar refractivity (Wildman–Crippen MR) is 121 cm³/mol. The van der Waals surface area contributed by atoms with Gasteiger partial charge in [-0.1, -0.05) is 85.2 Å². The van der Waals surface area contributed by atoms with Crippen molar-refractivity contribution in [1.29, 1.82) is 0 Å². The van der Waals surface area contributed by atoms with E-state index in [1.54, 1.807) is 72.8 Å². The second kappa shape index (κ2) is 10.8. The topological polar surface area (TPSA) is 98.9 Å². The highest BCUT2D eigenvalue weighted by atomic mass is 16.7. The van der Waals surface area contributed by atoms with E-state index in [0.717, 1.165) is 6.42 Å². The van der Waals surface area contributed by atoms with Crippen molar-refractivity contribution in [3.63, 3.8) is 0 Å². The summed E-state index contributed by atoms with van der Waals surface area (Å²) in [6, 6.07) is 21.6. The number of ketones is 1. The maximum absolute atomic E-state index is 13.2. The van der Waals surface area contributed by atoms with Crippen molar-refractivity contribution in [2.45, 2.75) is 26.2 Å². The number of unbranched alkanes of at least 4 members (excludes halogenated alkanes) is 1. The Morgan fingerprint density at radius 1 is 0.906 bits per heavy atom. The molecule has 0 aliphatic heterocycles. The van der Waals surface area contributed by atoms with Gasteiger partial charge in [0.15, 0.2) is 5.71 Å². The van der Waals surface area contributed by atoms with E-state index < -0.39 is 16.7 Å². The van der Waals surface area contributed by atoms with Crippen LogP contribution in [-0.2, 0) is 9.63 Å². The number of carbonyl (C=O) groups excluding carboxylic acids is 2. The van der Waals surface area contributed by atoms with Crippen molar-refractivity contribution < 1.29 is 19.3 Å². The number of carbonyl (C=O) groups is 2. The molecule has 0 aliphatic carbocycles. The SMILES string of the molecule is CCCCC(=O)O/N=C(\C(=O)c1ccc(-c2ccccc2[N+](=O)[O-])cc1)c1ccccc1. The zero-order chi connectivity index (χ0) is 22.9. The summed E-state index contributed by atoms with van der Waals surface area (Å²) in [6.07, 6.45) is 1.74. The summed E-state index contributed by atoms with van der Waals surface area (Å²) in [4.78, 5) is 40.9. The lowest BCUT2D eigenvalue weighted by Crippen LogP contribution is -2.17. The molecule has 0 aliphatic rings. The number of oxime groups is 1. The van der Waals surface area contributed by atoms with Crippen molar-refractivity contribution >= 4 is 23.2 Å². The fourth-order valence-corrected chi connectivity index (χ4v) is 3.10. The van der Waals surface area contributed by atoms with Crippen molar-refractivity contribution in [3.05, 3.63) is 100 Å². The van der Waals surface area contributed by atoms with Crippen molar-refractivity contribution in [3.8, 4) is 11.1 Å². The summed E-state index contributed by atoms with van der Waals surface area (Å²) in [6.45, 7) is 1.96. The zero-order valence-corrected chi connectivity index (χ0v) is 17.6. The first-order chi connectivity index (χ1) is 15.5. The number of rotatable bonds is 9. The van der Waals surface area contributed by atoms with Gasteiger partial charge in [0, 0.05) is 23.6 Å². The Hall–Kier alpha value is -4.13. The lowest BCUT2D eigenvalue weighted by molar-refractivity contribution is -0.384. The molecule has 0 amide bonds. The summed E-state index contributed by atoms with van der Waals surface area (Å²) in [7, 11) is 0. The lowest BCUT2D eigenvalue weighted by atomic mass is 9.97. The standard InChI is InChI=1S/C25H22N2O5/c1-2-3-13-23(28)32-26-24(19-9-5-4-6-10-19)25(29)20-16-14-18(15-17-20)21-11-7-8-12-22(21)27(30)31/h4-12,14-17H,2-3,13H2,1H3/b26-24-. The van der Waals surface area contributed by atoms with Gasteiger partial charge in [-0.25, -0.2) is 4.79 Å². The van der Waals surface area contributed by atoms with E-state index in [2.05, 4.69) is 5.16 Å². The number of nitrogens with zero attached hydrogens (tertiary/aromatic N) is 2. The molecule has 7 heteroatoms. The Kier molecular flexibility index (Phi) is 7.59. The van der Waals surface area contributed by atoms with Crippen molar-refractivity contribution in [2.75, 3.05) is 0 Å². The maximum Gasteiger partial charge on any atom is 0.335 e. The molecule has 0 aromatic heterocycles. The molecule has 0 bridgehead atoms. The first-order valence-electron chi connectivity index (χ1n) is 10.2. The molecule has 0 unspecified atom stereocenters. The highest BCUT2D eigenvalue weighted by Crippen LogP contribution is 2.29. The van der Waals surface area contributed by atoms with E-state index in [9.17, 15) is 19.7 Å². The molecular formula is C25H22N2O5. The van der Waals surface area contributed by atoms with Gasteiger partial charge in [0.05, 0.1) is 10.5 Å². The van der Waals surface area contributed by atoms with Gasteiger partial charge in [0.1, 0.15) is 0 Å². The van der Waals surface area contributed by atoms with Gasteiger partial charge in [-0.2, -0.15) is 0 Å². The minimum absolute atomic E-state index is 0.00823. The number of nitro groups is 1. The Balaban J connectivity index is 1.90. The molecule has 0 saturated carbocycles. The van der Waals surface area contributed by atoms with Crippen LogP contribution in [0.25, 0.3) is 11.1 Å². The molecule has 3 aromatic carbocycles. The maximum atomic E-state index is 13.2. The number of hydrogen-bond donors (Lipinski definition) is 0. The van der Waals surface area contributed by atoms with Crippen LogP contribution >= 0.6 is 0 Å². The minimum atomic E-state index is -0.500. The quantitative estimate of drug-likeness (QED) is 0.145. The number of hydrogen-bond acceptors (Lipinski definition) is 6. The fraction of sp³-hybridized carbons (Fsp3) is 0.160. The molecule has 162 valence electrons. The second-order valence-corrected chi connectivity index (χ2v) is 7.05. The first-order valence-corrected chi connectivity index (χ1v) is 10.2. The van der Waals surface area contributed by atoms with E-state index in [1.165, 1.54) is 6.07 Å². The molecule has 0 fully saturated rings. The van der Waals surface area contributed by atoms with Crippen molar-refractivity contribution in [1.82, 2.24) is 0 Å². The van der Waals surface area contributed by atoms with Crippen LogP contribution in [0.3, 0.4) is 0 Å².